The van der Waals surface area contributed by atoms with E-state index in [1.807, 2.05) is 6.92 Å². The first-order valence-electron chi connectivity index (χ1n) is 7.28. The first kappa shape index (κ1) is 19.8. The van der Waals surface area contributed by atoms with E-state index >= 15 is 0 Å². The lowest BCUT2D eigenvalue weighted by Crippen LogP contribution is -2.17. The SMILES string of the molecule is CCCC(CC)Oc1cc(C(=O)OC)c(NS(C)(=O)=O)cc1Br. The van der Waals surface area contributed by atoms with Gasteiger partial charge in [-0.15, -0.1) is 0 Å². The molecule has 0 amide bonds. The van der Waals surface area contributed by atoms with Crippen molar-refractivity contribution in [2.24, 2.45) is 0 Å². The highest BCUT2D eigenvalue weighted by Gasteiger charge is 2.20. The summed E-state index contributed by atoms with van der Waals surface area (Å²) in [6, 6.07) is 2.99. The average molecular weight is 408 g/mol. The number of nitrogens with one attached hydrogen (secondary N) is 1. The van der Waals surface area contributed by atoms with Crippen LogP contribution in [0.5, 0.6) is 5.75 Å². The third-order valence-corrected chi connectivity index (χ3v) is 4.34. The molecule has 0 heterocycles. The Morgan fingerprint density at radius 3 is 2.48 bits per heavy atom. The third kappa shape index (κ3) is 6.02. The predicted molar refractivity (Wildman–Crippen MR) is 93.6 cm³/mol. The van der Waals surface area contributed by atoms with E-state index in [0.29, 0.717) is 10.2 Å². The topological polar surface area (TPSA) is 81.7 Å². The Morgan fingerprint density at radius 1 is 1.35 bits per heavy atom. The summed E-state index contributed by atoms with van der Waals surface area (Å²) in [7, 11) is -2.29. The third-order valence-electron chi connectivity index (χ3n) is 3.13. The Balaban J connectivity index is 3.27. The van der Waals surface area contributed by atoms with Crippen LogP contribution in [0.2, 0.25) is 0 Å². The van der Waals surface area contributed by atoms with Gasteiger partial charge in [-0.1, -0.05) is 20.3 Å². The fourth-order valence-corrected chi connectivity index (χ4v) is 3.06. The Hall–Kier alpha value is -1.28. The summed E-state index contributed by atoms with van der Waals surface area (Å²) >= 11 is 3.36. The van der Waals surface area contributed by atoms with Gasteiger partial charge in [-0.05, 0) is 40.9 Å². The van der Waals surface area contributed by atoms with Crippen LogP contribution >= 0.6 is 15.9 Å². The number of carbonyl (C=O) groups excluding carboxylic acids is 1. The molecule has 0 spiro atoms. The quantitative estimate of drug-likeness (QED) is 0.666. The van der Waals surface area contributed by atoms with Gasteiger partial charge in [-0.25, -0.2) is 13.2 Å². The van der Waals surface area contributed by atoms with Crippen molar-refractivity contribution in [3.8, 4) is 5.75 Å². The van der Waals surface area contributed by atoms with Gasteiger partial charge in [0, 0.05) is 0 Å². The normalized spacial score (nSPS) is 12.6. The zero-order valence-electron chi connectivity index (χ0n) is 13.7. The van der Waals surface area contributed by atoms with Crippen LogP contribution in [0.3, 0.4) is 0 Å². The van der Waals surface area contributed by atoms with Gasteiger partial charge < -0.3 is 9.47 Å². The van der Waals surface area contributed by atoms with Gasteiger partial charge in [0.25, 0.3) is 0 Å². The van der Waals surface area contributed by atoms with Crippen molar-refractivity contribution in [1.82, 2.24) is 0 Å². The summed E-state index contributed by atoms with van der Waals surface area (Å²) in [6.07, 6.45) is 3.74. The minimum Gasteiger partial charge on any atom is -0.489 e. The predicted octanol–water partition coefficient (Wildman–Crippen LogP) is 3.56. The van der Waals surface area contributed by atoms with Gasteiger partial charge in [0.1, 0.15) is 5.75 Å². The summed E-state index contributed by atoms with van der Waals surface area (Å²) in [5, 5.41) is 0. The summed E-state index contributed by atoms with van der Waals surface area (Å²) in [4.78, 5) is 11.9. The molecule has 0 aliphatic carbocycles. The fraction of sp³-hybridized carbons (Fsp3) is 0.533. The molecule has 0 aliphatic rings. The average Bonchev–Trinajstić information content (AvgIpc) is 2.46. The summed E-state index contributed by atoms with van der Waals surface area (Å²) in [6.45, 7) is 4.09. The van der Waals surface area contributed by atoms with Crippen LogP contribution in [-0.4, -0.2) is 33.9 Å². The summed E-state index contributed by atoms with van der Waals surface area (Å²) in [5.74, 6) is -0.165. The van der Waals surface area contributed by atoms with Crippen molar-refractivity contribution >= 4 is 37.6 Å². The van der Waals surface area contributed by atoms with Crippen molar-refractivity contribution in [3.63, 3.8) is 0 Å². The lowest BCUT2D eigenvalue weighted by molar-refractivity contribution is 0.0601. The van der Waals surface area contributed by atoms with E-state index in [0.717, 1.165) is 25.5 Å². The van der Waals surface area contributed by atoms with E-state index < -0.39 is 16.0 Å². The number of anilines is 1. The molecule has 1 atom stereocenters. The highest BCUT2D eigenvalue weighted by atomic mass is 79.9. The summed E-state index contributed by atoms with van der Waals surface area (Å²) < 4.78 is 36.4. The van der Waals surface area contributed by atoms with Crippen LogP contribution in [0.15, 0.2) is 16.6 Å². The van der Waals surface area contributed by atoms with Crippen molar-refractivity contribution in [2.45, 2.75) is 39.2 Å². The maximum atomic E-state index is 11.9. The molecule has 0 fully saturated rings. The molecule has 0 aliphatic heterocycles. The van der Waals surface area contributed by atoms with E-state index in [1.54, 1.807) is 0 Å². The van der Waals surface area contributed by atoms with Crippen molar-refractivity contribution in [2.75, 3.05) is 18.1 Å². The number of benzene rings is 1. The number of halogens is 1. The van der Waals surface area contributed by atoms with Gasteiger partial charge in [0.2, 0.25) is 10.0 Å². The molecule has 6 nitrogen and oxygen atoms in total. The number of esters is 1. The number of methoxy groups -OCH3 is 1. The zero-order chi connectivity index (χ0) is 17.6. The van der Waals surface area contributed by atoms with Gasteiger partial charge in [0.05, 0.1) is 35.2 Å². The lowest BCUT2D eigenvalue weighted by atomic mass is 10.1. The van der Waals surface area contributed by atoms with Crippen LogP contribution in [0, 0.1) is 0 Å². The van der Waals surface area contributed by atoms with Crippen LogP contribution in [0.1, 0.15) is 43.5 Å². The van der Waals surface area contributed by atoms with E-state index in [-0.39, 0.29) is 17.4 Å². The van der Waals surface area contributed by atoms with Crippen molar-refractivity contribution in [1.29, 1.82) is 0 Å². The molecule has 1 N–H and O–H groups in total. The molecule has 8 heteroatoms. The van der Waals surface area contributed by atoms with Crippen LogP contribution in [-0.2, 0) is 14.8 Å². The number of hydrogen-bond donors (Lipinski definition) is 1. The Bertz CT molecular complexity index is 660. The molecule has 1 rings (SSSR count). The molecule has 1 aromatic rings. The number of rotatable bonds is 8. The van der Waals surface area contributed by atoms with Crippen molar-refractivity contribution in [3.05, 3.63) is 22.2 Å². The Labute approximate surface area is 145 Å². The van der Waals surface area contributed by atoms with Gasteiger partial charge in [0.15, 0.2) is 0 Å². The van der Waals surface area contributed by atoms with E-state index in [2.05, 4.69) is 27.6 Å². The fourth-order valence-electron chi connectivity index (χ4n) is 2.05. The molecule has 0 radical (unpaired) electrons. The van der Waals surface area contributed by atoms with Gasteiger partial charge in [-0.2, -0.15) is 0 Å². The Morgan fingerprint density at radius 2 is 2.00 bits per heavy atom. The number of sulfonamides is 1. The molecular formula is C15H22BrNO5S. The van der Waals surface area contributed by atoms with Gasteiger partial charge >= 0.3 is 5.97 Å². The second kappa shape index (κ2) is 8.54. The lowest BCUT2D eigenvalue weighted by Gasteiger charge is -2.19. The highest BCUT2D eigenvalue weighted by molar-refractivity contribution is 9.10. The Kier molecular flexibility index (Phi) is 7.34. The standard InChI is InChI=1S/C15H22BrNO5S/c1-5-7-10(6-2)22-14-8-11(15(18)21-3)13(9-12(14)16)17-23(4,19)20/h8-10,17H,5-7H2,1-4H3. The van der Waals surface area contributed by atoms with E-state index in [9.17, 15) is 13.2 Å². The van der Waals surface area contributed by atoms with Crippen molar-refractivity contribution < 1.29 is 22.7 Å². The van der Waals surface area contributed by atoms with E-state index in [4.69, 9.17) is 9.47 Å². The van der Waals surface area contributed by atoms with Crippen LogP contribution in [0.4, 0.5) is 5.69 Å². The van der Waals surface area contributed by atoms with E-state index in [1.165, 1.54) is 19.2 Å². The molecule has 130 valence electrons. The monoisotopic (exact) mass is 407 g/mol. The minimum absolute atomic E-state index is 0.0236. The first-order valence-corrected chi connectivity index (χ1v) is 9.96. The number of hydrogen-bond acceptors (Lipinski definition) is 5. The van der Waals surface area contributed by atoms with Crippen LogP contribution < -0.4 is 9.46 Å². The molecule has 0 bridgehead atoms. The second-order valence-electron chi connectivity index (χ2n) is 5.13. The summed E-state index contributed by atoms with van der Waals surface area (Å²) in [5.41, 5.74) is 0.240. The smallest absolute Gasteiger partial charge is 0.340 e. The number of ether oxygens (including phenoxy) is 2. The molecule has 0 aromatic heterocycles. The molecule has 1 aromatic carbocycles. The zero-order valence-corrected chi connectivity index (χ0v) is 16.1. The molecule has 0 saturated heterocycles. The molecular weight excluding hydrogens is 386 g/mol. The maximum Gasteiger partial charge on any atom is 0.340 e. The second-order valence-corrected chi connectivity index (χ2v) is 7.73. The minimum atomic E-state index is -3.53. The highest BCUT2D eigenvalue weighted by Crippen LogP contribution is 2.34. The maximum absolute atomic E-state index is 11.9. The molecule has 0 saturated carbocycles. The first-order chi connectivity index (χ1) is 10.7. The van der Waals surface area contributed by atoms with Gasteiger partial charge in [-0.3, -0.25) is 4.72 Å². The van der Waals surface area contributed by atoms with Crippen LogP contribution in [0.25, 0.3) is 0 Å². The molecule has 1 unspecified atom stereocenters. The largest absolute Gasteiger partial charge is 0.489 e. The molecule has 23 heavy (non-hydrogen) atoms. The number of carbonyl (C=O) groups is 1.